The number of likely N-dealkylation sites (tertiary alicyclic amines) is 1. The topological polar surface area (TPSA) is 70.1 Å². The maximum atomic E-state index is 14.5. The van der Waals surface area contributed by atoms with E-state index < -0.39 is 8.07 Å². The summed E-state index contributed by atoms with van der Waals surface area (Å²) in [4.78, 5) is 17.0. The zero-order valence-corrected chi connectivity index (χ0v) is 30.8. The highest BCUT2D eigenvalue weighted by atomic mass is 79.9. The number of benzene rings is 1. The lowest BCUT2D eigenvalue weighted by atomic mass is 9.58. The van der Waals surface area contributed by atoms with Crippen LogP contribution in [0.1, 0.15) is 56.6 Å². The minimum atomic E-state index is -1.26. The summed E-state index contributed by atoms with van der Waals surface area (Å²) in [6.07, 6.45) is 7.95. The van der Waals surface area contributed by atoms with Crippen LogP contribution in [-0.4, -0.2) is 56.6 Å². The van der Waals surface area contributed by atoms with Crippen LogP contribution < -0.4 is 5.56 Å². The van der Waals surface area contributed by atoms with Crippen molar-refractivity contribution in [3.8, 4) is 5.69 Å². The molecular formula is C34H46BrClN6O2Si. The third-order valence-corrected chi connectivity index (χ3v) is 12.2. The number of hydrogen-bond acceptors (Lipinski definition) is 5. The Bertz CT molecular complexity index is 1750. The van der Waals surface area contributed by atoms with E-state index in [2.05, 4.69) is 87.3 Å². The first-order chi connectivity index (χ1) is 21.3. The zero-order valence-electron chi connectivity index (χ0n) is 27.4. The molecule has 242 valence electrons. The fraction of sp³-hybridized carbons (Fsp3) is 0.559. The summed E-state index contributed by atoms with van der Waals surface area (Å²) in [5.74, 6) is 2.19. The van der Waals surface area contributed by atoms with Gasteiger partial charge in [-0.25, -0.2) is 0 Å². The molecule has 11 heteroatoms. The van der Waals surface area contributed by atoms with Crippen LogP contribution in [0.3, 0.4) is 0 Å². The summed E-state index contributed by atoms with van der Waals surface area (Å²) >= 11 is 10.8. The van der Waals surface area contributed by atoms with Crippen LogP contribution in [0.25, 0.3) is 16.6 Å². The smallest absolute Gasteiger partial charge is 0.279 e. The Morgan fingerprint density at radius 3 is 2.58 bits per heavy atom. The van der Waals surface area contributed by atoms with Gasteiger partial charge in [-0.15, -0.1) is 10.2 Å². The van der Waals surface area contributed by atoms with Crippen molar-refractivity contribution in [3.63, 3.8) is 0 Å². The van der Waals surface area contributed by atoms with E-state index >= 15 is 0 Å². The maximum absolute atomic E-state index is 14.5. The minimum absolute atomic E-state index is 0.0970. The van der Waals surface area contributed by atoms with Gasteiger partial charge in [0.2, 0.25) is 0 Å². The molecule has 1 aromatic carbocycles. The number of aromatic nitrogens is 5. The lowest BCUT2D eigenvalue weighted by Gasteiger charge is -2.46. The third-order valence-electron chi connectivity index (χ3n) is 9.69. The SMILES string of the molecule is CC1CC(c2cc(Br)cc(-n3cc(Cl)c4cc(CN5CCC[C@H](C)C5)n(COCC[Si](C)(C)C)c4c3=O)c2)(c2nncn2C)C1. The molecular weight excluding hydrogens is 668 g/mol. The highest BCUT2D eigenvalue weighted by molar-refractivity contribution is 9.10. The zero-order chi connectivity index (χ0) is 32.1. The summed E-state index contributed by atoms with van der Waals surface area (Å²) < 4.78 is 13.0. The minimum Gasteiger partial charge on any atom is -0.361 e. The molecule has 3 aromatic heterocycles. The average molecular weight is 714 g/mol. The van der Waals surface area contributed by atoms with Crippen LogP contribution in [0.5, 0.6) is 0 Å². The standard InChI is InChI=1S/C34H46BrClN6O2Si/c1-23-8-7-9-40(18-23)19-28-15-29-30(36)20-41(32(43)31(29)42(28)22-44-10-11-45(4,5)6)27-13-25(12-26(35)14-27)34(16-24(2)17-34)33-38-37-21-39(33)3/h12-15,20-21,23-24H,7-11,16-19,22H2,1-6H3/t23-,24?,34?/m0/s1. The maximum Gasteiger partial charge on any atom is 0.279 e. The van der Waals surface area contributed by atoms with Crippen molar-refractivity contribution in [1.29, 1.82) is 0 Å². The van der Waals surface area contributed by atoms with Gasteiger partial charge in [0.05, 0.1) is 16.1 Å². The Balaban J connectivity index is 1.44. The summed E-state index contributed by atoms with van der Waals surface area (Å²) in [5, 5.41) is 10.1. The predicted octanol–water partition coefficient (Wildman–Crippen LogP) is 7.60. The van der Waals surface area contributed by atoms with Crippen molar-refractivity contribution in [3.05, 3.63) is 73.7 Å². The van der Waals surface area contributed by atoms with E-state index in [1.54, 1.807) is 17.1 Å². The van der Waals surface area contributed by atoms with Crippen LogP contribution in [-0.2, 0) is 30.5 Å². The number of nitrogens with zero attached hydrogens (tertiary/aromatic N) is 6. The molecule has 1 saturated heterocycles. The van der Waals surface area contributed by atoms with Gasteiger partial charge < -0.3 is 13.9 Å². The first-order valence-electron chi connectivity index (χ1n) is 16.2. The predicted molar refractivity (Wildman–Crippen MR) is 188 cm³/mol. The second kappa shape index (κ2) is 12.8. The molecule has 1 aliphatic carbocycles. The van der Waals surface area contributed by atoms with Gasteiger partial charge in [-0.05, 0) is 79.9 Å². The van der Waals surface area contributed by atoms with Crippen LogP contribution in [0.4, 0.5) is 0 Å². The Labute approximate surface area is 280 Å². The van der Waals surface area contributed by atoms with Crippen molar-refractivity contribution in [2.24, 2.45) is 18.9 Å². The summed E-state index contributed by atoms with van der Waals surface area (Å²) in [6.45, 7) is 15.6. The molecule has 1 aliphatic heterocycles. The van der Waals surface area contributed by atoms with Gasteiger partial charge in [-0.3, -0.25) is 14.3 Å². The van der Waals surface area contributed by atoms with E-state index in [-0.39, 0.29) is 11.0 Å². The number of fused-ring (bicyclic) bond motifs is 1. The summed E-state index contributed by atoms with van der Waals surface area (Å²) in [6, 6.07) is 9.45. The Morgan fingerprint density at radius 1 is 1.13 bits per heavy atom. The Kier molecular flexibility index (Phi) is 9.26. The average Bonchev–Trinajstić information content (AvgIpc) is 3.54. The molecule has 0 spiro atoms. The van der Waals surface area contributed by atoms with Crippen molar-refractivity contribution in [2.75, 3.05) is 19.7 Å². The molecule has 0 amide bonds. The molecule has 0 radical (unpaired) electrons. The Hall–Kier alpha value is -2.24. The summed E-state index contributed by atoms with van der Waals surface area (Å²) in [7, 11) is 0.740. The number of aryl methyl sites for hydroxylation is 1. The highest BCUT2D eigenvalue weighted by Gasteiger charge is 2.48. The Morgan fingerprint density at radius 2 is 1.91 bits per heavy atom. The van der Waals surface area contributed by atoms with Gasteiger partial charge in [-0.1, -0.05) is 61.0 Å². The van der Waals surface area contributed by atoms with E-state index in [1.807, 2.05) is 17.7 Å². The number of hydrogen-bond donors (Lipinski definition) is 0. The van der Waals surface area contributed by atoms with E-state index in [9.17, 15) is 4.79 Å². The van der Waals surface area contributed by atoms with Gasteiger partial charge in [0, 0.05) is 56.6 Å². The number of ether oxygens (including phenoxy) is 1. The van der Waals surface area contributed by atoms with Gasteiger partial charge in [0.1, 0.15) is 24.4 Å². The largest absolute Gasteiger partial charge is 0.361 e. The quantitative estimate of drug-likeness (QED) is 0.125. The molecule has 4 heterocycles. The number of pyridine rings is 1. The van der Waals surface area contributed by atoms with E-state index in [4.69, 9.17) is 16.3 Å². The van der Waals surface area contributed by atoms with Crippen LogP contribution in [0, 0.1) is 11.8 Å². The molecule has 0 bridgehead atoms. The molecule has 0 unspecified atom stereocenters. The monoisotopic (exact) mass is 712 g/mol. The van der Waals surface area contributed by atoms with Gasteiger partial charge >= 0.3 is 0 Å². The molecule has 45 heavy (non-hydrogen) atoms. The molecule has 4 aromatic rings. The van der Waals surface area contributed by atoms with Gasteiger partial charge in [0.25, 0.3) is 5.56 Å². The highest BCUT2D eigenvalue weighted by Crippen LogP contribution is 2.52. The molecule has 2 fully saturated rings. The number of rotatable bonds is 10. The van der Waals surface area contributed by atoms with Crippen LogP contribution >= 0.6 is 27.5 Å². The fourth-order valence-electron chi connectivity index (χ4n) is 7.42. The molecule has 6 rings (SSSR count). The second-order valence-corrected chi connectivity index (χ2v) is 21.8. The first kappa shape index (κ1) is 32.7. The van der Waals surface area contributed by atoms with Gasteiger partial charge in [-0.2, -0.15) is 0 Å². The third kappa shape index (κ3) is 6.63. The van der Waals surface area contributed by atoms with Crippen molar-refractivity contribution < 1.29 is 4.74 Å². The fourth-order valence-corrected chi connectivity index (χ4v) is 8.90. The van der Waals surface area contributed by atoms with E-state index in [0.717, 1.165) is 71.1 Å². The van der Waals surface area contributed by atoms with Crippen LogP contribution in [0.2, 0.25) is 30.7 Å². The second-order valence-electron chi connectivity index (χ2n) is 14.9. The molecule has 8 nitrogen and oxygen atoms in total. The molecule has 2 aliphatic rings. The van der Waals surface area contributed by atoms with E-state index in [1.165, 1.54) is 12.8 Å². The van der Waals surface area contributed by atoms with Gasteiger partial charge in [0.15, 0.2) is 0 Å². The lowest BCUT2D eigenvalue weighted by Crippen LogP contribution is -2.43. The van der Waals surface area contributed by atoms with E-state index in [0.29, 0.717) is 35.7 Å². The summed E-state index contributed by atoms with van der Waals surface area (Å²) in [5.41, 5.74) is 3.20. The molecule has 0 N–H and O–H groups in total. The normalized spacial score (nSPS) is 22.7. The number of piperidine rings is 1. The first-order valence-corrected chi connectivity index (χ1v) is 21.1. The van der Waals surface area contributed by atoms with Crippen molar-refractivity contribution >= 4 is 46.5 Å². The van der Waals surface area contributed by atoms with Crippen molar-refractivity contribution in [1.82, 2.24) is 28.8 Å². The van der Waals surface area contributed by atoms with Crippen LogP contribution in [0.15, 0.2) is 46.1 Å². The molecule has 1 atom stereocenters. The lowest BCUT2D eigenvalue weighted by molar-refractivity contribution is 0.0848. The molecule has 1 saturated carbocycles. The van der Waals surface area contributed by atoms with Crippen molar-refractivity contribution in [2.45, 2.75) is 83.9 Å². The number of halogens is 2.